The zero-order valence-corrected chi connectivity index (χ0v) is 19.2. The van der Waals surface area contributed by atoms with Crippen LogP contribution in [0.25, 0.3) is 11.0 Å². The second-order valence-corrected chi connectivity index (χ2v) is 8.26. The van der Waals surface area contributed by atoms with Gasteiger partial charge in [0.25, 0.3) is 5.56 Å². The van der Waals surface area contributed by atoms with Crippen molar-refractivity contribution in [3.63, 3.8) is 0 Å². The Labute approximate surface area is 191 Å². The molecule has 9 heteroatoms. The van der Waals surface area contributed by atoms with Crippen molar-refractivity contribution in [2.75, 3.05) is 10.6 Å². The molecule has 9 nitrogen and oxygen atoms in total. The Hall–Kier alpha value is -3.88. The summed E-state index contributed by atoms with van der Waals surface area (Å²) in [6.07, 6.45) is 3.48. The lowest BCUT2D eigenvalue weighted by Crippen LogP contribution is -2.38. The quantitative estimate of drug-likeness (QED) is 0.429. The van der Waals surface area contributed by atoms with Gasteiger partial charge in [-0.15, -0.1) is 0 Å². The summed E-state index contributed by atoms with van der Waals surface area (Å²) in [7, 11) is 1.86. The Bertz CT molecular complexity index is 1390. The van der Waals surface area contributed by atoms with Crippen LogP contribution in [0, 0.1) is 6.92 Å². The van der Waals surface area contributed by atoms with Crippen LogP contribution in [-0.2, 0) is 26.7 Å². The van der Waals surface area contributed by atoms with Gasteiger partial charge in [-0.3, -0.25) is 19.0 Å². The van der Waals surface area contributed by atoms with Gasteiger partial charge in [0.15, 0.2) is 5.65 Å². The minimum Gasteiger partial charge on any atom is -0.383 e. The van der Waals surface area contributed by atoms with Crippen molar-refractivity contribution in [1.82, 2.24) is 24.3 Å². The zero-order valence-electron chi connectivity index (χ0n) is 19.2. The minimum atomic E-state index is -0.493. The number of aryl methyl sites for hydroxylation is 2. The van der Waals surface area contributed by atoms with Gasteiger partial charge in [-0.25, -0.2) is 9.78 Å². The molecule has 33 heavy (non-hydrogen) atoms. The second kappa shape index (κ2) is 9.32. The Morgan fingerprint density at radius 1 is 1.12 bits per heavy atom. The number of unbranched alkanes of at least 4 members (excludes halogenated alkanes) is 1. The van der Waals surface area contributed by atoms with Crippen LogP contribution in [0.15, 0.2) is 52.2 Å². The molecule has 0 unspecified atom stereocenters. The Morgan fingerprint density at radius 3 is 2.58 bits per heavy atom. The molecular formula is C24H29N7O2. The Morgan fingerprint density at radius 2 is 1.85 bits per heavy atom. The van der Waals surface area contributed by atoms with Crippen molar-refractivity contribution in [3.05, 3.63) is 80.3 Å². The number of nitrogens with one attached hydrogen (secondary N) is 1. The van der Waals surface area contributed by atoms with E-state index in [-0.39, 0.29) is 11.5 Å². The van der Waals surface area contributed by atoms with Crippen LogP contribution in [0.3, 0.4) is 0 Å². The highest BCUT2D eigenvalue weighted by Gasteiger charge is 2.20. The number of fused-ring (bicyclic) bond motifs is 1. The van der Waals surface area contributed by atoms with E-state index < -0.39 is 11.2 Å². The molecule has 0 atom stereocenters. The van der Waals surface area contributed by atoms with E-state index in [0.29, 0.717) is 19.6 Å². The van der Waals surface area contributed by atoms with E-state index in [4.69, 9.17) is 5.73 Å². The number of pyridine rings is 1. The highest BCUT2D eigenvalue weighted by molar-refractivity contribution is 5.78. The number of hydrogen-bond acceptors (Lipinski definition) is 6. The Kier molecular flexibility index (Phi) is 6.30. The summed E-state index contributed by atoms with van der Waals surface area (Å²) in [6.45, 7) is 5.28. The number of hydrogen-bond donors (Lipinski definition) is 2. The molecule has 0 spiro atoms. The average Bonchev–Trinajstić information content (AvgIpc) is 3.07. The molecule has 0 radical (unpaired) electrons. The lowest BCUT2D eigenvalue weighted by atomic mass is 10.1. The van der Waals surface area contributed by atoms with Gasteiger partial charge in [0.2, 0.25) is 0 Å². The van der Waals surface area contributed by atoms with Crippen LogP contribution in [0.5, 0.6) is 0 Å². The number of nitrogens with zero attached hydrogens (tertiary/aromatic N) is 5. The summed E-state index contributed by atoms with van der Waals surface area (Å²) in [5.41, 5.74) is 9.37. The van der Waals surface area contributed by atoms with Crippen molar-refractivity contribution < 1.29 is 0 Å². The fourth-order valence-electron chi connectivity index (χ4n) is 4.10. The highest BCUT2D eigenvalue weighted by Crippen LogP contribution is 2.24. The first-order chi connectivity index (χ1) is 15.9. The first-order valence-electron chi connectivity index (χ1n) is 11.1. The summed E-state index contributed by atoms with van der Waals surface area (Å²) in [4.78, 5) is 34.3. The van der Waals surface area contributed by atoms with Crippen molar-refractivity contribution in [1.29, 1.82) is 0 Å². The number of aromatic amines is 1. The molecule has 172 valence electrons. The largest absolute Gasteiger partial charge is 0.383 e. The molecular weight excluding hydrogens is 418 g/mol. The van der Waals surface area contributed by atoms with E-state index in [1.54, 1.807) is 10.9 Å². The fourth-order valence-corrected chi connectivity index (χ4v) is 4.10. The maximum absolute atomic E-state index is 13.0. The Balaban J connectivity index is 1.80. The highest BCUT2D eigenvalue weighted by atomic mass is 16.2. The third kappa shape index (κ3) is 4.52. The molecule has 3 heterocycles. The maximum Gasteiger partial charge on any atom is 0.330 e. The summed E-state index contributed by atoms with van der Waals surface area (Å²) in [5, 5.41) is 5.40. The number of benzene rings is 1. The van der Waals surface area contributed by atoms with Crippen LogP contribution >= 0.6 is 0 Å². The molecule has 0 saturated carbocycles. The van der Waals surface area contributed by atoms with Gasteiger partial charge in [0.05, 0.1) is 5.69 Å². The van der Waals surface area contributed by atoms with E-state index in [0.717, 1.165) is 40.7 Å². The predicted molar refractivity (Wildman–Crippen MR) is 130 cm³/mol. The first kappa shape index (κ1) is 22.3. The summed E-state index contributed by atoms with van der Waals surface area (Å²) >= 11 is 0. The first-order valence-corrected chi connectivity index (χ1v) is 11.1. The third-order valence-corrected chi connectivity index (χ3v) is 5.77. The van der Waals surface area contributed by atoms with Gasteiger partial charge in [0, 0.05) is 38.3 Å². The van der Waals surface area contributed by atoms with E-state index in [1.165, 1.54) is 4.57 Å². The van der Waals surface area contributed by atoms with Gasteiger partial charge >= 0.3 is 5.69 Å². The summed E-state index contributed by atoms with van der Waals surface area (Å²) < 4.78 is 3.20. The lowest BCUT2D eigenvalue weighted by Gasteiger charge is -2.26. The molecule has 4 rings (SSSR count). The third-order valence-electron chi connectivity index (χ3n) is 5.77. The molecule has 0 bridgehead atoms. The monoisotopic (exact) mass is 447 g/mol. The van der Waals surface area contributed by atoms with Crippen molar-refractivity contribution in [2.24, 2.45) is 7.05 Å². The molecule has 0 aliphatic carbocycles. The number of aromatic nitrogens is 5. The second-order valence-electron chi connectivity index (χ2n) is 8.26. The molecule has 0 saturated heterocycles. The molecule has 0 aliphatic rings. The van der Waals surface area contributed by atoms with Crippen LogP contribution in [0.1, 0.15) is 36.6 Å². The molecule has 1 aromatic carbocycles. The molecule has 3 N–H and O–H groups in total. The smallest absolute Gasteiger partial charge is 0.330 e. The van der Waals surface area contributed by atoms with Crippen LogP contribution in [0.2, 0.25) is 0 Å². The van der Waals surface area contributed by atoms with Crippen LogP contribution < -0.4 is 21.9 Å². The maximum atomic E-state index is 13.0. The summed E-state index contributed by atoms with van der Waals surface area (Å²) in [5.74, 6) is 0.180. The predicted octanol–water partition coefficient (Wildman–Crippen LogP) is 2.72. The lowest BCUT2D eigenvalue weighted by molar-refractivity contribution is 0.602. The van der Waals surface area contributed by atoms with Crippen LogP contribution in [-0.4, -0.2) is 24.3 Å². The normalized spacial score (nSPS) is 11.2. The van der Waals surface area contributed by atoms with Gasteiger partial charge in [0.1, 0.15) is 11.5 Å². The van der Waals surface area contributed by atoms with Gasteiger partial charge in [-0.05, 0) is 30.5 Å². The standard InChI is InChI=1S/C24H29N7O2/c1-4-5-11-31-21(25)20(23(32)27-24(31)33)30(14-17-9-7-6-8-10-17)15-18-12-19-16(2)28-29(3)22(19)26-13-18/h6-10,12-13H,4-5,11,14-15,25H2,1-3H3,(H,27,32,33). The molecule has 3 aromatic heterocycles. The fraction of sp³-hybridized carbons (Fsp3) is 0.333. The van der Waals surface area contributed by atoms with Crippen molar-refractivity contribution in [2.45, 2.75) is 46.3 Å². The van der Waals surface area contributed by atoms with Crippen LogP contribution in [0.4, 0.5) is 11.5 Å². The molecule has 4 aromatic rings. The average molecular weight is 448 g/mol. The number of nitrogens with two attached hydrogens (primary N) is 1. The molecule has 0 aliphatic heterocycles. The van der Waals surface area contributed by atoms with Gasteiger partial charge in [-0.1, -0.05) is 43.7 Å². The van der Waals surface area contributed by atoms with E-state index >= 15 is 0 Å². The number of nitrogen functional groups attached to an aromatic ring is 1. The SMILES string of the molecule is CCCCn1c(N)c(N(Cc2ccccc2)Cc2cnc3c(c2)c(C)nn3C)c(=O)[nH]c1=O. The number of anilines is 2. The number of rotatable bonds is 8. The van der Waals surface area contributed by atoms with E-state index in [1.807, 2.05) is 62.2 Å². The zero-order chi connectivity index (χ0) is 23.5. The van der Waals surface area contributed by atoms with E-state index in [2.05, 4.69) is 15.1 Å². The van der Waals surface area contributed by atoms with Crippen molar-refractivity contribution >= 4 is 22.5 Å². The molecule has 0 amide bonds. The van der Waals surface area contributed by atoms with Gasteiger partial charge in [-0.2, -0.15) is 5.10 Å². The minimum absolute atomic E-state index is 0.180. The van der Waals surface area contributed by atoms with E-state index in [9.17, 15) is 9.59 Å². The molecule has 0 fully saturated rings. The van der Waals surface area contributed by atoms with Gasteiger partial charge < -0.3 is 10.6 Å². The van der Waals surface area contributed by atoms with Crippen molar-refractivity contribution in [3.8, 4) is 0 Å². The topological polar surface area (TPSA) is 115 Å². The number of H-pyrrole nitrogens is 1. The summed E-state index contributed by atoms with van der Waals surface area (Å²) in [6, 6.07) is 11.9.